The van der Waals surface area contributed by atoms with Crippen LogP contribution in [0.4, 0.5) is 0 Å². The second kappa shape index (κ2) is 13.7. The molecule has 2 aromatic heterocycles. The maximum absolute atomic E-state index is 11.7. The first-order chi connectivity index (χ1) is 21.8. The normalized spacial score (nSPS) is 17.5. The third kappa shape index (κ3) is 7.40. The highest BCUT2D eigenvalue weighted by atomic mass is 32.1. The molecular weight excluding hydrogens is 590 g/mol. The lowest BCUT2D eigenvalue weighted by Crippen LogP contribution is -2.56. The average Bonchev–Trinajstić information content (AvgIpc) is 3.48. The van der Waals surface area contributed by atoms with Crippen molar-refractivity contribution in [3.05, 3.63) is 92.7 Å². The molecule has 0 amide bonds. The molecule has 0 bridgehead atoms. The quantitative estimate of drug-likeness (QED) is 0.194. The third-order valence-corrected chi connectivity index (χ3v) is 9.59. The van der Waals surface area contributed by atoms with Gasteiger partial charge in [-0.05, 0) is 55.2 Å². The van der Waals surface area contributed by atoms with Gasteiger partial charge in [0.15, 0.2) is 0 Å². The van der Waals surface area contributed by atoms with Crippen molar-refractivity contribution in [2.45, 2.75) is 38.0 Å². The molecule has 2 aliphatic heterocycles. The zero-order chi connectivity index (χ0) is 31.4. The molecule has 4 N–H and O–H groups in total. The summed E-state index contributed by atoms with van der Waals surface area (Å²) in [5, 5.41) is 28.0. The lowest BCUT2D eigenvalue weighted by molar-refractivity contribution is -0.124. The topological polar surface area (TPSA) is 123 Å². The van der Waals surface area contributed by atoms with Gasteiger partial charge in [-0.1, -0.05) is 24.8 Å². The van der Waals surface area contributed by atoms with Crippen LogP contribution >= 0.6 is 11.3 Å². The predicted molar refractivity (Wildman–Crippen MR) is 177 cm³/mol. The Balaban J connectivity index is 0.940. The van der Waals surface area contributed by atoms with Crippen LogP contribution in [0.15, 0.2) is 65.3 Å². The Morgan fingerprint density at radius 2 is 2.07 bits per heavy atom. The predicted octanol–water partition coefficient (Wildman–Crippen LogP) is 4.04. The zero-order valence-corrected chi connectivity index (χ0v) is 26.4. The summed E-state index contributed by atoms with van der Waals surface area (Å²) < 4.78 is 12.5. The number of pyridine rings is 1. The Morgan fingerprint density at radius 3 is 2.87 bits per heavy atom. The number of nitrogens with zero attached hydrogens (tertiary/aromatic N) is 3. The van der Waals surface area contributed by atoms with Gasteiger partial charge in [0.25, 0.3) is 0 Å². The number of phenols is 1. The van der Waals surface area contributed by atoms with Crippen LogP contribution in [0.3, 0.4) is 0 Å². The number of benzene rings is 2. The number of aliphatic hydroxyl groups is 1. The van der Waals surface area contributed by atoms with Crippen LogP contribution in [0.5, 0.6) is 11.5 Å². The van der Waals surface area contributed by atoms with E-state index in [1.807, 2.05) is 31.2 Å². The highest BCUT2D eigenvalue weighted by Crippen LogP contribution is 2.33. The van der Waals surface area contributed by atoms with E-state index in [0.717, 1.165) is 73.3 Å². The van der Waals surface area contributed by atoms with Gasteiger partial charge in [-0.25, -0.2) is 4.98 Å². The van der Waals surface area contributed by atoms with Crippen LogP contribution in [0.25, 0.3) is 16.6 Å². The van der Waals surface area contributed by atoms with Crippen LogP contribution in [-0.4, -0.2) is 88.1 Å². The number of likely N-dealkylation sites (tertiary alicyclic amines) is 1. The van der Waals surface area contributed by atoms with Crippen molar-refractivity contribution in [2.24, 2.45) is 0 Å². The number of piperidine rings is 1. The molecule has 0 saturated carbocycles. The standard InChI is InChI=1S/C34H41N5O5S/c1-23(29-21-45-24(2)36-29)39-15-17-44-34(22-39)10-12-38(13-11-34)14-16-43-26-5-3-4-25(18-26)19-35-20-31(41)27-6-8-30(40)33-28(27)7-9-32(42)37-33/h3-9,18,21,31,35,40-41H,1,10-17,19-20,22H2,2H3,(H,37,42)/t31-/m0/s1. The molecule has 45 heavy (non-hydrogen) atoms. The minimum Gasteiger partial charge on any atom is -0.506 e. The fourth-order valence-corrected chi connectivity index (χ4v) is 6.89. The fourth-order valence-electron chi connectivity index (χ4n) is 6.27. The molecule has 4 aromatic rings. The van der Waals surface area contributed by atoms with E-state index in [4.69, 9.17) is 9.47 Å². The van der Waals surface area contributed by atoms with E-state index in [1.54, 1.807) is 23.5 Å². The SMILES string of the molecule is C=C(c1csc(C)n1)N1CCOC2(CCN(CCOc3cccc(CNC[C@H](O)c4ccc(O)c5[nH]c(=O)ccc45)c3)CC2)C1. The summed E-state index contributed by atoms with van der Waals surface area (Å²) in [4.78, 5) is 23.7. The number of ether oxygens (including phenoxy) is 2. The number of morpholine rings is 1. The Labute approximate surface area is 266 Å². The van der Waals surface area contributed by atoms with E-state index in [0.29, 0.717) is 42.8 Å². The number of aromatic amines is 1. The van der Waals surface area contributed by atoms with E-state index >= 15 is 0 Å². The van der Waals surface area contributed by atoms with E-state index in [9.17, 15) is 15.0 Å². The molecule has 2 aliphatic rings. The van der Waals surface area contributed by atoms with Crippen LogP contribution in [0.2, 0.25) is 0 Å². The van der Waals surface area contributed by atoms with Gasteiger partial charge in [0, 0.05) is 62.6 Å². The number of nitrogens with one attached hydrogen (secondary N) is 2. The van der Waals surface area contributed by atoms with Crippen LogP contribution in [0.1, 0.15) is 40.8 Å². The van der Waals surface area contributed by atoms with Gasteiger partial charge in [-0.3, -0.25) is 9.69 Å². The molecule has 238 valence electrons. The molecule has 0 aliphatic carbocycles. The van der Waals surface area contributed by atoms with Crippen LogP contribution < -0.4 is 15.6 Å². The summed E-state index contributed by atoms with van der Waals surface area (Å²) in [6.45, 7) is 13.0. The van der Waals surface area contributed by atoms with E-state index in [-0.39, 0.29) is 16.9 Å². The lowest BCUT2D eigenvalue weighted by Gasteiger charge is -2.48. The van der Waals surface area contributed by atoms with Crippen LogP contribution in [-0.2, 0) is 11.3 Å². The van der Waals surface area contributed by atoms with Gasteiger partial charge < -0.3 is 34.9 Å². The number of aromatic nitrogens is 2. The van der Waals surface area contributed by atoms with Gasteiger partial charge in [0.1, 0.15) is 18.1 Å². The number of aryl methyl sites for hydroxylation is 1. The Bertz CT molecular complexity index is 1700. The molecule has 4 heterocycles. The third-order valence-electron chi connectivity index (χ3n) is 8.82. The molecule has 0 radical (unpaired) electrons. The number of hydrogen-bond donors (Lipinski definition) is 4. The highest BCUT2D eigenvalue weighted by molar-refractivity contribution is 7.09. The van der Waals surface area contributed by atoms with Crippen molar-refractivity contribution in [3.8, 4) is 11.5 Å². The van der Waals surface area contributed by atoms with Gasteiger partial charge >= 0.3 is 0 Å². The number of rotatable bonds is 11. The fraction of sp³-hybridized carbons (Fsp3) is 0.412. The van der Waals surface area contributed by atoms with Crippen molar-refractivity contribution in [3.63, 3.8) is 0 Å². The molecule has 11 heteroatoms. The maximum atomic E-state index is 11.7. The zero-order valence-electron chi connectivity index (χ0n) is 25.6. The molecule has 2 fully saturated rings. The highest BCUT2D eigenvalue weighted by Gasteiger charge is 2.40. The number of fused-ring (bicyclic) bond motifs is 1. The number of hydrogen-bond acceptors (Lipinski definition) is 10. The summed E-state index contributed by atoms with van der Waals surface area (Å²) >= 11 is 1.66. The van der Waals surface area contributed by atoms with Crippen LogP contribution in [0, 0.1) is 6.92 Å². The molecule has 10 nitrogen and oxygen atoms in total. The number of aromatic hydroxyl groups is 1. The van der Waals surface area contributed by atoms with E-state index in [2.05, 4.69) is 37.0 Å². The van der Waals surface area contributed by atoms with Gasteiger partial charge in [-0.2, -0.15) is 0 Å². The summed E-state index contributed by atoms with van der Waals surface area (Å²) in [6.07, 6.45) is 1.15. The molecule has 0 unspecified atom stereocenters. The first kappa shape index (κ1) is 31.3. The molecule has 1 atom stereocenters. The molecule has 2 saturated heterocycles. The number of aliphatic hydroxyl groups excluding tert-OH is 1. The lowest BCUT2D eigenvalue weighted by atomic mass is 9.89. The summed E-state index contributed by atoms with van der Waals surface area (Å²) in [5.74, 6) is 0.793. The maximum Gasteiger partial charge on any atom is 0.248 e. The minimum atomic E-state index is -0.815. The first-order valence-corrected chi connectivity index (χ1v) is 16.3. The van der Waals surface area contributed by atoms with Gasteiger partial charge in [0.2, 0.25) is 5.56 Å². The van der Waals surface area contributed by atoms with Crippen molar-refractivity contribution >= 4 is 27.9 Å². The monoisotopic (exact) mass is 631 g/mol. The summed E-state index contributed by atoms with van der Waals surface area (Å²) in [6, 6.07) is 14.2. The number of H-pyrrole nitrogens is 1. The molecular formula is C34H41N5O5S. The Morgan fingerprint density at radius 1 is 1.22 bits per heavy atom. The number of phenolic OH excluding ortho intramolecular Hbond substituents is 1. The summed E-state index contributed by atoms with van der Waals surface area (Å²) in [7, 11) is 0. The summed E-state index contributed by atoms with van der Waals surface area (Å²) in [5.41, 5.74) is 3.54. The largest absolute Gasteiger partial charge is 0.506 e. The first-order valence-electron chi connectivity index (χ1n) is 15.5. The van der Waals surface area contributed by atoms with Gasteiger partial charge in [0.05, 0.1) is 40.2 Å². The Hall–Kier alpha value is -3.74. The van der Waals surface area contributed by atoms with Gasteiger partial charge in [-0.15, -0.1) is 11.3 Å². The van der Waals surface area contributed by atoms with Crippen molar-refractivity contribution in [1.82, 2.24) is 25.1 Å². The number of thiazole rings is 1. The second-order valence-corrected chi connectivity index (χ2v) is 13.0. The second-order valence-electron chi connectivity index (χ2n) is 11.9. The molecule has 6 rings (SSSR count). The molecule has 2 aromatic carbocycles. The van der Waals surface area contributed by atoms with Crippen molar-refractivity contribution in [2.75, 3.05) is 52.5 Å². The minimum absolute atomic E-state index is 0.0257. The van der Waals surface area contributed by atoms with E-state index < -0.39 is 6.10 Å². The Kier molecular flexibility index (Phi) is 9.53. The van der Waals surface area contributed by atoms with Crippen molar-refractivity contribution < 1.29 is 19.7 Å². The van der Waals surface area contributed by atoms with E-state index in [1.165, 1.54) is 12.1 Å². The molecule has 1 spiro atoms. The van der Waals surface area contributed by atoms with Crippen molar-refractivity contribution in [1.29, 1.82) is 0 Å². The average molecular weight is 632 g/mol. The smallest absolute Gasteiger partial charge is 0.248 e.